The molecule has 7 nitrogen and oxygen atoms in total. The molecule has 0 saturated heterocycles. The minimum Gasteiger partial charge on any atom is -0.325 e. The second-order valence-corrected chi connectivity index (χ2v) is 10.4. The summed E-state index contributed by atoms with van der Waals surface area (Å²) < 4.78 is 50.4. The topological polar surface area (TPSA) is 101 Å². The van der Waals surface area contributed by atoms with Gasteiger partial charge in [0.05, 0.1) is 16.3 Å². The maximum Gasteiger partial charge on any atom is 0.244 e. The molecule has 0 bridgehead atoms. The van der Waals surface area contributed by atoms with Gasteiger partial charge >= 0.3 is 0 Å². The smallest absolute Gasteiger partial charge is 0.244 e. The molecule has 0 aliphatic rings. The summed E-state index contributed by atoms with van der Waals surface area (Å²) in [5.74, 6) is -0.947. The molecule has 0 heterocycles. The maximum atomic E-state index is 12.3. The monoisotopic (exact) mass is 410 g/mol. The number of sulfonamides is 1. The Morgan fingerprint density at radius 3 is 2.15 bits per heavy atom. The van der Waals surface area contributed by atoms with E-state index in [0.29, 0.717) is 0 Å². The van der Waals surface area contributed by atoms with Gasteiger partial charge in [0.25, 0.3) is 0 Å². The molecule has 0 aliphatic heterocycles. The van der Waals surface area contributed by atoms with Gasteiger partial charge in [-0.15, -0.1) is 0 Å². The van der Waals surface area contributed by atoms with E-state index in [1.807, 2.05) is 6.92 Å². The van der Waals surface area contributed by atoms with Gasteiger partial charge < -0.3 is 5.32 Å². The third kappa shape index (κ3) is 5.15. The molecule has 0 saturated carbocycles. The number of nitrogens with zero attached hydrogens (tertiary/aromatic N) is 1. The summed E-state index contributed by atoms with van der Waals surface area (Å²) in [4.78, 5) is 12.3. The molecule has 0 aliphatic carbocycles. The van der Waals surface area contributed by atoms with Gasteiger partial charge in [-0.05, 0) is 31.2 Å². The van der Waals surface area contributed by atoms with Crippen LogP contribution in [0.5, 0.6) is 0 Å². The molecular formula is C18H22N2O5S2. The molecule has 0 aromatic heterocycles. The number of hydrogen-bond donors (Lipinski definition) is 1. The Labute approximate surface area is 160 Å². The van der Waals surface area contributed by atoms with Crippen molar-refractivity contribution in [2.75, 3.05) is 25.2 Å². The van der Waals surface area contributed by atoms with E-state index in [-0.39, 0.29) is 27.7 Å². The lowest BCUT2D eigenvalue weighted by atomic mass is 10.2. The lowest BCUT2D eigenvalue weighted by molar-refractivity contribution is -0.115. The molecular weight excluding hydrogens is 388 g/mol. The molecule has 0 spiro atoms. The summed E-state index contributed by atoms with van der Waals surface area (Å²) >= 11 is 0. The zero-order chi connectivity index (χ0) is 20.2. The molecule has 9 heteroatoms. The highest BCUT2D eigenvalue weighted by Crippen LogP contribution is 2.23. The minimum atomic E-state index is -3.74. The van der Waals surface area contributed by atoms with E-state index in [1.165, 1.54) is 38.4 Å². The van der Waals surface area contributed by atoms with Gasteiger partial charge in [-0.3, -0.25) is 4.79 Å². The van der Waals surface area contributed by atoms with E-state index in [0.717, 1.165) is 9.87 Å². The molecule has 0 fully saturated rings. The fourth-order valence-electron chi connectivity index (χ4n) is 2.29. The van der Waals surface area contributed by atoms with Crippen LogP contribution in [0.3, 0.4) is 0 Å². The van der Waals surface area contributed by atoms with Crippen LogP contribution >= 0.6 is 0 Å². The highest BCUT2D eigenvalue weighted by atomic mass is 32.2. The van der Waals surface area contributed by atoms with Gasteiger partial charge in [0, 0.05) is 20.5 Å². The first kappa shape index (κ1) is 21.1. The molecule has 1 amide bonds. The fourth-order valence-corrected chi connectivity index (χ4v) is 4.58. The van der Waals surface area contributed by atoms with Gasteiger partial charge in [-0.2, -0.15) is 0 Å². The third-order valence-corrected chi connectivity index (χ3v) is 7.50. The van der Waals surface area contributed by atoms with Gasteiger partial charge in [0.15, 0.2) is 9.84 Å². The second-order valence-electron chi connectivity index (χ2n) is 6.21. The van der Waals surface area contributed by atoms with E-state index >= 15 is 0 Å². The number of sulfone groups is 1. The molecule has 0 radical (unpaired) electrons. The number of nitrogens with one attached hydrogen (secondary N) is 1. The van der Waals surface area contributed by atoms with Crippen molar-refractivity contribution < 1.29 is 21.6 Å². The van der Waals surface area contributed by atoms with Crippen LogP contribution in [0.1, 0.15) is 12.0 Å². The molecule has 2 rings (SSSR count). The lowest BCUT2D eigenvalue weighted by Gasteiger charge is -2.15. The largest absolute Gasteiger partial charge is 0.325 e. The van der Waals surface area contributed by atoms with Crippen molar-refractivity contribution in [2.24, 2.45) is 0 Å². The van der Waals surface area contributed by atoms with E-state index in [2.05, 4.69) is 5.32 Å². The molecule has 0 unspecified atom stereocenters. The Kier molecular flexibility index (Phi) is 6.40. The predicted octanol–water partition coefficient (Wildman–Crippen LogP) is 2.05. The number of rotatable bonds is 7. The summed E-state index contributed by atoms with van der Waals surface area (Å²) in [6, 6.07) is 12.4. The van der Waals surface area contributed by atoms with Crippen molar-refractivity contribution >= 4 is 31.5 Å². The summed E-state index contributed by atoms with van der Waals surface area (Å²) in [5.41, 5.74) is 1.05. The van der Waals surface area contributed by atoms with Crippen LogP contribution in [-0.4, -0.2) is 46.9 Å². The fraction of sp³-hybridized carbons (Fsp3) is 0.278. The van der Waals surface area contributed by atoms with Gasteiger partial charge in [0.1, 0.15) is 4.90 Å². The van der Waals surface area contributed by atoms with E-state index in [1.54, 1.807) is 24.3 Å². The SMILES string of the molecule is Cc1ccc(S(=O)(=O)CCC(=O)Nc2ccccc2S(=O)(=O)N(C)C)cc1. The number of amides is 1. The number of aryl methyl sites for hydroxylation is 1. The summed E-state index contributed by atoms with van der Waals surface area (Å²) in [5, 5.41) is 2.50. The number of anilines is 1. The van der Waals surface area contributed by atoms with Crippen LogP contribution in [0.15, 0.2) is 58.3 Å². The number of hydrogen-bond acceptors (Lipinski definition) is 5. The summed E-state index contributed by atoms with van der Waals surface area (Å²) in [6.07, 6.45) is -0.285. The lowest BCUT2D eigenvalue weighted by Crippen LogP contribution is -2.24. The number of benzene rings is 2. The highest BCUT2D eigenvalue weighted by molar-refractivity contribution is 7.91. The van der Waals surface area contributed by atoms with Crippen molar-refractivity contribution in [3.63, 3.8) is 0 Å². The molecule has 2 aromatic rings. The Balaban J connectivity index is 2.12. The predicted molar refractivity (Wildman–Crippen MR) is 104 cm³/mol. The normalized spacial score (nSPS) is 12.1. The maximum absolute atomic E-state index is 12.3. The standard InChI is InChI=1S/C18H22N2O5S2/c1-14-8-10-15(11-9-14)26(22,23)13-12-18(21)19-16-6-4-5-7-17(16)27(24,25)20(2)3/h4-11H,12-13H2,1-3H3,(H,19,21). The van der Waals surface area contributed by atoms with Crippen LogP contribution in [-0.2, 0) is 24.7 Å². The van der Waals surface area contributed by atoms with Crippen LogP contribution in [0.2, 0.25) is 0 Å². The third-order valence-electron chi connectivity index (χ3n) is 3.90. The first-order chi connectivity index (χ1) is 12.5. The summed E-state index contributed by atoms with van der Waals surface area (Å²) in [6.45, 7) is 1.85. The van der Waals surface area contributed by atoms with Gasteiger partial charge in [-0.1, -0.05) is 29.8 Å². The molecule has 0 atom stereocenters. The van der Waals surface area contributed by atoms with Crippen molar-refractivity contribution in [3.05, 3.63) is 54.1 Å². The number of para-hydroxylation sites is 1. The minimum absolute atomic E-state index is 0.0512. The first-order valence-electron chi connectivity index (χ1n) is 8.15. The average molecular weight is 411 g/mol. The molecule has 27 heavy (non-hydrogen) atoms. The van der Waals surface area contributed by atoms with Gasteiger partial charge in [-0.25, -0.2) is 21.1 Å². The van der Waals surface area contributed by atoms with Crippen LogP contribution in [0, 0.1) is 6.92 Å². The Morgan fingerprint density at radius 2 is 1.56 bits per heavy atom. The molecule has 146 valence electrons. The Bertz CT molecular complexity index is 1030. The molecule has 1 N–H and O–H groups in total. The van der Waals surface area contributed by atoms with Crippen molar-refractivity contribution in [3.8, 4) is 0 Å². The van der Waals surface area contributed by atoms with Crippen LogP contribution in [0.4, 0.5) is 5.69 Å². The van der Waals surface area contributed by atoms with Crippen molar-refractivity contribution in [2.45, 2.75) is 23.1 Å². The molecule has 2 aromatic carbocycles. The zero-order valence-electron chi connectivity index (χ0n) is 15.3. The quantitative estimate of drug-likeness (QED) is 0.753. The highest BCUT2D eigenvalue weighted by Gasteiger charge is 2.22. The van der Waals surface area contributed by atoms with E-state index < -0.39 is 25.8 Å². The van der Waals surface area contributed by atoms with E-state index in [4.69, 9.17) is 0 Å². The average Bonchev–Trinajstić information content (AvgIpc) is 2.60. The Morgan fingerprint density at radius 1 is 0.963 bits per heavy atom. The summed E-state index contributed by atoms with van der Waals surface area (Å²) in [7, 11) is -4.56. The van der Waals surface area contributed by atoms with Crippen LogP contribution < -0.4 is 5.32 Å². The van der Waals surface area contributed by atoms with E-state index in [9.17, 15) is 21.6 Å². The number of carbonyl (C=O) groups excluding carboxylic acids is 1. The Hall–Kier alpha value is -2.23. The zero-order valence-corrected chi connectivity index (χ0v) is 17.0. The van der Waals surface area contributed by atoms with Gasteiger partial charge in [0.2, 0.25) is 15.9 Å². The first-order valence-corrected chi connectivity index (χ1v) is 11.2. The van der Waals surface area contributed by atoms with Crippen molar-refractivity contribution in [1.82, 2.24) is 4.31 Å². The van der Waals surface area contributed by atoms with Crippen molar-refractivity contribution in [1.29, 1.82) is 0 Å². The second kappa shape index (κ2) is 8.20. The van der Waals surface area contributed by atoms with Crippen LogP contribution in [0.25, 0.3) is 0 Å². The number of carbonyl (C=O) groups is 1.